The van der Waals surface area contributed by atoms with Gasteiger partial charge in [-0.2, -0.15) is 10.1 Å². The fourth-order valence-corrected chi connectivity index (χ4v) is 2.95. The minimum absolute atomic E-state index is 0.0537. The topological polar surface area (TPSA) is 87.7 Å². The molecular formula is C20H19BrN6O. The van der Waals surface area contributed by atoms with Crippen LogP contribution in [0.15, 0.2) is 46.9 Å². The van der Waals surface area contributed by atoms with Crippen molar-refractivity contribution in [2.75, 3.05) is 11.4 Å². The van der Waals surface area contributed by atoms with Gasteiger partial charge in [0.25, 0.3) is 5.91 Å². The van der Waals surface area contributed by atoms with E-state index < -0.39 is 0 Å². The van der Waals surface area contributed by atoms with Gasteiger partial charge in [-0.05, 0) is 66.6 Å². The predicted octanol–water partition coefficient (Wildman–Crippen LogP) is 3.67. The van der Waals surface area contributed by atoms with E-state index >= 15 is 0 Å². The highest BCUT2D eigenvalue weighted by Crippen LogP contribution is 2.20. The second kappa shape index (κ2) is 8.76. The van der Waals surface area contributed by atoms with E-state index in [9.17, 15) is 4.79 Å². The largest absolute Gasteiger partial charge is 0.310 e. The van der Waals surface area contributed by atoms with Gasteiger partial charge in [-0.15, -0.1) is 10.2 Å². The third kappa shape index (κ3) is 4.61. The summed E-state index contributed by atoms with van der Waals surface area (Å²) >= 11 is 3.39. The molecule has 0 N–H and O–H groups in total. The van der Waals surface area contributed by atoms with E-state index in [4.69, 9.17) is 5.26 Å². The summed E-state index contributed by atoms with van der Waals surface area (Å²) in [6, 6.07) is 15.4. The number of aromatic nitrogens is 4. The lowest BCUT2D eigenvalue weighted by Crippen LogP contribution is -2.35. The summed E-state index contributed by atoms with van der Waals surface area (Å²) in [6.07, 6.45) is 0.244. The van der Waals surface area contributed by atoms with Crippen LogP contribution in [0.4, 0.5) is 5.69 Å². The number of tetrazole rings is 1. The first-order chi connectivity index (χ1) is 13.5. The number of anilines is 1. The third-order valence-corrected chi connectivity index (χ3v) is 4.91. The van der Waals surface area contributed by atoms with Gasteiger partial charge in [0.1, 0.15) is 6.54 Å². The zero-order chi connectivity index (χ0) is 20.1. The highest BCUT2D eigenvalue weighted by atomic mass is 79.9. The zero-order valence-corrected chi connectivity index (χ0v) is 17.2. The number of benzene rings is 2. The third-order valence-electron chi connectivity index (χ3n) is 4.38. The number of nitrogens with zero attached hydrogens (tertiary/aromatic N) is 6. The normalized spacial score (nSPS) is 10.5. The molecule has 0 atom stereocenters. The molecule has 8 heteroatoms. The lowest BCUT2D eigenvalue weighted by atomic mass is 10.1. The van der Waals surface area contributed by atoms with Crippen LogP contribution in [0.1, 0.15) is 17.5 Å². The summed E-state index contributed by atoms with van der Waals surface area (Å²) in [6.45, 7) is 4.27. The van der Waals surface area contributed by atoms with Gasteiger partial charge in [-0.1, -0.05) is 22.0 Å². The summed E-state index contributed by atoms with van der Waals surface area (Å²) in [5.74, 6) is 0.258. The number of hydrogen-bond acceptors (Lipinski definition) is 5. The van der Waals surface area contributed by atoms with Crippen LogP contribution in [-0.4, -0.2) is 32.7 Å². The fraction of sp³-hybridized carbons (Fsp3) is 0.250. The molecule has 28 heavy (non-hydrogen) atoms. The lowest BCUT2D eigenvalue weighted by Gasteiger charge is -2.22. The molecule has 7 nitrogen and oxygen atoms in total. The average molecular weight is 439 g/mol. The van der Waals surface area contributed by atoms with Crippen LogP contribution in [0, 0.1) is 25.2 Å². The van der Waals surface area contributed by atoms with E-state index in [0.29, 0.717) is 12.4 Å². The zero-order valence-electron chi connectivity index (χ0n) is 15.6. The molecule has 0 saturated heterocycles. The summed E-state index contributed by atoms with van der Waals surface area (Å²) in [7, 11) is 0. The Bertz CT molecular complexity index is 1020. The second-order valence-electron chi connectivity index (χ2n) is 6.37. The number of aryl methyl sites for hydroxylation is 2. The molecule has 3 rings (SSSR count). The summed E-state index contributed by atoms with van der Waals surface area (Å²) in [5.41, 5.74) is 3.81. The highest BCUT2D eigenvalue weighted by molar-refractivity contribution is 9.10. The molecular weight excluding hydrogens is 420 g/mol. The van der Waals surface area contributed by atoms with Crippen molar-refractivity contribution < 1.29 is 4.79 Å². The molecule has 1 heterocycles. The summed E-state index contributed by atoms with van der Waals surface area (Å²) < 4.78 is 0.959. The van der Waals surface area contributed by atoms with Gasteiger partial charge >= 0.3 is 0 Å². The molecule has 0 saturated carbocycles. The van der Waals surface area contributed by atoms with Crippen molar-refractivity contribution in [2.45, 2.75) is 26.8 Å². The van der Waals surface area contributed by atoms with Crippen molar-refractivity contribution in [3.05, 3.63) is 58.1 Å². The molecule has 142 valence electrons. The van der Waals surface area contributed by atoms with Gasteiger partial charge in [-0.25, -0.2) is 0 Å². The molecule has 0 fully saturated rings. The van der Waals surface area contributed by atoms with Crippen LogP contribution in [0.2, 0.25) is 0 Å². The van der Waals surface area contributed by atoms with Crippen LogP contribution < -0.4 is 4.90 Å². The van der Waals surface area contributed by atoms with E-state index in [2.05, 4.69) is 37.4 Å². The number of rotatable bonds is 6. The van der Waals surface area contributed by atoms with E-state index in [1.807, 2.05) is 56.3 Å². The van der Waals surface area contributed by atoms with Gasteiger partial charge in [0.2, 0.25) is 5.82 Å². The van der Waals surface area contributed by atoms with E-state index in [-0.39, 0.29) is 18.9 Å². The van der Waals surface area contributed by atoms with Crippen LogP contribution >= 0.6 is 15.9 Å². The first-order valence-corrected chi connectivity index (χ1v) is 9.55. The standard InChI is InChI=1S/C20H19BrN6O/c1-14-4-9-18(12-15(14)2)26(11-3-10-22)19(28)13-27-24-20(23-25-27)16-5-7-17(21)8-6-16/h4-9,12H,3,11,13H2,1-2H3. The number of carbonyl (C=O) groups is 1. The Hall–Kier alpha value is -3.05. The van der Waals surface area contributed by atoms with Crippen molar-refractivity contribution >= 4 is 27.5 Å². The average Bonchev–Trinajstić information content (AvgIpc) is 3.14. The minimum atomic E-state index is -0.196. The van der Waals surface area contributed by atoms with Crippen molar-refractivity contribution in [2.24, 2.45) is 0 Å². The lowest BCUT2D eigenvalue weighted by molar-refractivity contribution is -0.119. The molecule has 0 aliphatic heterocycles. The molecule has 0 aliphatic rings. The highest BCUT2D eigenvalue weighted by Gasteiger charge is 2.18. The van der Waals surface area contributed by atoms with E-state index in [1.165, 1.54) is 4.80 Å². The quantitative estimate of drug-likeness (QED) is 0.585. The minimum Gasteiger partial charge on any atom is -0.310 e. The smallest absolute Gasteiger partial charge is 0.250 e. The molecule has 1 aromatic heterocycles. The van der Waals surface area contributed by atoms with Gasteiger partial charge in [0.15, 0.2) is 0 Å². The van der Waals surface area contributed by atoms with E-state index in [0.717, 1.165) is 26.9 Å². The van der Waals surface area contributed by atoms with Crippen LogP contribution in [0.5, 0.6) is 0 Å². The maximum atomic E-state index is 12.9. The Morgan fingerprint density at radius 2 is 1.93 bits per heavy atom. The molecule has 0 unspecified atom stereocenters. The molecule has 0 spiro atoms. The maximum Gasteiger partial charge on any atom is 0.250 e. The first kappa shape index (κ1) is 19.7. The van der Waals surface area contributed by atoms with E-state index in [1.54, 1.807) is 4.90 Å². The number of hydrogen-bond donors (Lipinski definition) is 0. The Morgan fingerprint density at radius 1 is 1.18 bits per heavy atom. The fourth-order valence-electron chi connectivity index (χ4n) is 2.68. The van der Waals surface area contributed by atoms with Gasteiger partial charge in [0.05, 0.1) is 12.5 Å². The monoisotopic (exact) mass is 438 g/mol. The van der Waals surface area contributed by atoms with Gasteiger partial charge in [-0.3, -0.25) is 4.79 Å². The molecule has 3 aromatic rings. The Labute approximate surface area is 171 Å². The molecule has 1 amide bonds. The number of nitriles is 1. The Kier molecular flexibility index (Phi) is 6.16. The number of amides is 1. The number of carbonyl (C=O) groups excluding carboxylic acids is 1. The molecule has 2 aromatic carbocycles. The van der Waals surface area contributed by atoms with Crippen LogP contribution in [0.3, 0.4) is 0 Å². The Morgan fingerprint density at radius 3 is 2.61 bits per heavy atom. The van der Waals surface area contributed by atoms with Crippen molar-refractivity contribution in [3.63, 3.8) is 0 Å². The summed E-state index contributed by atoms with van der Waals surface area (Å²) in [4.78, 5) is 15.8. The first-order valence-electron chi connectivity index (χ1n) is 8.76. The Balaban J connectivity index is 1.79. The maximum absolute atomic E-state index is 12.9. The van der Waals surface area contributed by atoms with Crippen molar-refractivity contribution in [1.29, 1.82) is 5.26 Å². The summed E-state index contributed by atoms with van der Waals surface area (Å²) in [5, 5.41) is 21.3. The predicted molar refractivity (Wildman–Crippen MR) is 109 cm³/mol. The molecule has 0 aliphatic carbocycles. The van der Waals surface area contributed by atoms with Gasteiger partial charge < -0.3 is 4.90 Å². The van der Waals surface area contributed by atoms with Crippen LogP contribution in [0.25, 0.3) is 11.4 Å². The molecule has 0 bridgehead atoms. The van der Waals surface area contributed by atoms with Crippen LogP contribution in [-0.2, 0) is 11.3 Å². The molecule has 0 radical (unpaired) electrons. The number of halogens is 1. The van der Waals surface area contributed by atoms with Gasteiger partial charge in [0, 0.05) is 22.3 Å². The SMILES string of the molecule is Cc1ccc(N(CCC#N)C(=O)Cn2nnc(-c3ccc(Br)cc3)n2)cc1C. The van der Waals surface area contributed by atoms with Crippen molar-refractivity contribution in [3.8, 4) is 17.5 Å². The van der Waals surface area contributed by atoms with Crippen molar-refractivity contribution in [1.82, 2.24) is 20.2 Å². The second-order valence-corrected chi connectivity index (χ2v) is 7.29.